The molecule has 0 saturated heterocycles. The highest BCUT2D eigenvalue weighted by molar-refractivity contribution is 6.12. The number of aromatic amines is 1. The molecule has 4 rings (SSSR count). The van der Waals surface area contributed by atoms with Crippen LogP contribution in [0.2, 0.25) is 0 Å². The molecule has 3 N–H and O–H groups in total. The van der Waals surface area contributed by atoms with Gasteiger partial charge < -0.3 is 19.8 Å². The summed E-state index contributed by atoms with van der Waals surface area (Å²) < 4.78 is 2.17. The van der Waals surface area contributed by atoms with Gasteiger partial charge in [0.05, 0.1) is 12.0 Å². The molecule has 8 heteroatoms. The van der Waals surface area contributed by atoms with Gasteiger partial charge in [-0.15, -0.1) is 0 Å². The Balaban J connectivity index is 0.000000258. The molecule has 1 atom stereocenters. The highest BCUT2D eigenvalue weighted by Crippen LogP contribution is 2.36. The van der Waals surface area contributed by atoms with Crippen LogP contribution in [-0.2, 0) is 29.5 Å². The van der Waals surface area contributed by atoms with Crippen molar-refractivity contribution in [2.24, 2.45) is 13.0 Å². The summed E-state index contributed by atoms with van der Waals surface area (Å²) in [6, 6.07) is 8.15. The fourth-order valence-corrected chi connectivity index (χ4v) is 3.62. The number of carboxylic acid groups (broad SMARTS) is 2. The first kappa shape index (κ1) is 20.1. The van der Waals surface area contributed by atoms with Crippen LogP contribution >= 0.6 is 0 Å². The van der Waals surface area contributed by atoms with Gasteiger partial charge in [-0.25, -0.2) is 14.6 Å². The van der Waals surface area contributed by atoms with E-state index >= 15 is 0 Å². The summed E-state index contributed by atoms with van der Waals surface area (Å²) in [5, 5.41) is 16.7. The van der Waals surface area contributed by atoms with E-state index in [1.165, 1.54) is 5.69 Å². The molecule has 1 aliphatic rings. The highest BCUT2D eigenvalue weighted by Gasteiger charge is 2.35. The molecule has 150 valence electrons. The van der Waals surface area contributed by atoms with Crippen LogP contribution < -0.4 is 0 Å². The Morgan fingerprint density at radius 3 is 2.48 bits per heavy atom. The van der Waals surface area contributed by atoms with Gasteiger partial charge in [0.1, 0.15) is 0 Å². The molecular formula is C21H21N3O5. The Morgan fingerprint density at radius 1 is 1.24 bits per heavy atom. The average molecular weight is 395 g/mol. The fraction of sp³-hybridized carbons (Fsp3) is 0.238. The summed E-state index contributed by atoms with van der Waals surface area (Å²) >= 11 is 0. The van der Waals surface area contributed by atoms with Crippen molar-refractivity contribution in [3.8, 4) is 0 Å². The Labute approximate surface area is 166 Å². The Bertz CT molecular complexity index is 1110. The van der Waals surface area contributed by atoms with Gasteiger partial charge in [0.2, 0.25) is 0 Å². The number of aromatic nitrogens is 3. The molecule has 0 bridgehead atoms. The quantitative estimate of drug-likeness (QED) is 0.583. The number of carbonyl (C=O) groups excluding carboxylic acids is 1. The molecule has 0 fully saturated rings. The summed E-state index contributed by atoms with van der Waals surface area (Å²) in [5.41, 5.74) is 5.30. The minimum atomic E-state index is -1.26. The molecule has 0 radical (unpaired) electrons. The molecule has 29 heavy (non-hydrogen) atoms. The second-order valence-electron chi connectivity index (χ2n) is 6.85. The molecule has 3 aromatic rings. The molecule has 0 saturated carbocycles. The van der Waals surface area contributed by atoms with Gasteiger partial charge in [0.15, 0.2) is 5.78 Å². The number of nitrogens with zero attached hydrogens (tertiary/aromatic N) is 2. The summed E-state index contributed by atoms with van der Waals surface area (Å²) in [4.78, 5) is 39.3. The second-order valence-corrected chi connectivity index (χ2v) is 6.85. The lowest BCUT2D eigenvalue weighted by Crippen LogP contribution is -2.14. The van der Waals surface area contributed by atoms with Crippen molar-refractivity contribution < 1.29 is 24.6 Å². The smallest absolute Gasteiger partial charge is 0.328 e. The number of rotatable bonds is 4. The van der Waals surface area contributed by atoms with E-state index in [2.05, 4.69) is 27.6 Å². The molecule has 0 aliphatic heterocycles. The van der Waals surface area contributed by atoms with Gasteiger partial charge in [0, 0.05) is 59.4 Å². The number of hydrogen-bond acceptors (Lipinski definition) is 4. The predicted octanol–water partition coefficient (Wildman–Crippen LogP) is 2.52. The van der Waals surface area contributed by atoms with Crippen LogP contribution in [0.1, 0.15) is 27.4 Å². The zero-order valence-electron chi connectivity index (χ0n) is 16.0. The van der Waals surface area contributed by atoms with Crippen LogP contribution in [-0.4, -0.2) is 42.5 Å². The number of ketones is 1. The molecule has 1 unspecified atom stereocenters. The van der Waals surface area contributed by atoms with E-state index in [9.17, 15) is 14.4 Å². The summed E-state index contributed by atoms with van der Waals surface area (Å²) in [7, 11) is 2.05. The Morgan fingerprint density at radius 2 is 1.90 bits per heavy atom. The standard InChI is InChI=1S/C17H17N3O.C4H4O4/c1-10-13(19-9-18-10)7-11-8-15-16(17(11)21)12-5-3-4-6-14(12)20(15)2;5-3(6)1-2-4(7)8/h3-6,9,11H,7-8H2,1-2H3,(H,18,19);1-2H,(H,5,6)(H,7,8). The Hall–Kier alpha value is -3.68. The van der Waals surface area contributed by atoms with Gasteiger partial charge in [-0.2, -0.15) is 0 Å². The van der Waals surface area contributed by atoms with Gasteiger partial charge >= 0.3 is 11.9 Å². The third-order valence-corrected chi connectivity index (χ3v) is 5.03. The van der Waals surface area contributed by atoms with Gasteiger partial charge in [0.25, 0.3) is 0 Å². The average Bonchev–Trinajstić information content (AvgIpc) is 3.31. The van der Waals surface area contributed by atoms with Crippen LogP contribution in [0.4, 0.5) is 0 Å². The van der Waals surface area contributed by atoms with E-state index in [1.54, 1.807) is 6.33 Å². The van der Waals surface area contributed by atoms with E-state index in [4.69, 9.17) is 10.2 Å². The third-order valence-electron chi connectivity index (χ3n) is 5.03. The van der Waals surface area contributed by atoms with Gasteiger partial charge in [-0.1, -0.05) is 18.2 Å². The van der Waals surface area contributed by atoms with Crippen LogP contribution in [0, 0.1) is 12.8 Å². The number of fused-ring (bicyclic) bond motifs is 3. The second kappa shape index (κ2) is 8.14. The normalized spacial score (nSPS) is 15.4. The maximum atomic E-state index is 12.8. The van der Waals surface area contributed by atoms with E-state index in [1.807, 2.05) is 25.1 Å². The molecule has 2 heterocycles. The first-order valence-electron chi connectivity index (χ1n) is 9.02. The number of Topliss-reactive ketones (excluding diaryl/α,β-unsaturated/α-hetero) is 1. The largest absolute Gasteiger partial charge is 0.478 e. The number of nitrogens with one attached hydrogen (secondary N) is 1. The topological polar surface area (TPSA) is 125 Å². The Kier molecular flexibility index (Phi) is 5.63. The van der Waals surface area contributed by atoms with E-state index < -0.39 is 11.9 Å². The summed E-state index contributed by atoms with van der Waals surface area (Å²) in [6.07, 6.45) is 4.35. The van der Waals surface area contributed by atoms with Crippen LogP contribution in [0.25, 0.3) is 10.9 Å². The lowest BCUT2D eigenvalue weighted by molar-refractivity contribution is -0.134. The van der Waals surface area contributed by atoms with Gasteiger partial charge in [-0.05, 0) is 19.4 Å². The number of hydrogen-bond donors (Lipinski definition) is 3. The minimum Gasteiger partial charge on any atom is -0.478 e. The number of para-hydroxylation sites is 1. The van der Waals surface area contributed by atoms with Crippen molar-refractivity contribution in [3.05, 3.63) is 65.4 Å². The monoisotopic (exact) mass is 395 g/mol. The van der Waals surface area contributed by atoms with E-state index in [-0.39, 0.29) is 11.7 Å². The SMILES string of the molecule is Cc1[nH]cnc1CC1Cc2c(c3ccccc3n2C)C1=O.O=C(O)C=CC(=O)O. The molecule has 1 aromatic carbocycles. The van der Waals surface area contributed by atoms with Crippen molar-refractivity contribution in [2.75, 3.05) is 0 Å². The molecule has 0 amide bonds. The molecule has 1 aliphatic carbocycles. The third kappa shape index (κ3) is 4.11. The van der Waals surface area contributed by atoms with Crippen molar-refractivity contribution in [2.45, 2.75) is 19.8 Å². The first-order valence-corrected chi connectivity index (χ1v) is 9.02. The van der Waals surface area contributed by atoms with Crippen molar-refractivity contribution >= 4 is 28.6 Å². The van der Waals surface area contributed by atoms with E-state index in [0.29, 0.717) is 12.2 Å². The number of carboxylic acids is 2. The number of imidazole rings is 1. The van der Waals surface area contributed by atoms with Crippen LogP contribution in [0.3, 0.4) is 0 Å². The molecular weight excluding hydrogens is 374 g/mol. The molecule has 0 spiro atoms. The van der Waals surface area contributed by atoms with Gasteiger partial charge in [-0.3, -0.25) is 4.79 Å². The maximum Gasteiger partial charge on any atom is 0.328 e. The summed E-state index contributed by atoms with van der Waals surface area (Å²) in [6.45, 7) is 2.00. The molecule has 8 nitrogen and oxygen atoms in total. The van der Waals surface area contributed by atoms with Crippen molar-refractivity contribution in [3.63, 3.8) is 0 Å². The number of aryl methyl sites for hydroxylation is 2. The lowest BCUT2D eigenvalue weighted by Gasteiger charge is -2.08. The van der Waals surface area contributed by atoms with Crippen LogP contribution in [0.5, 0.6) is 0 Å². The highest BCUT2D eigenvalue weighted by atomic mass is 16.4. The van der Waals surface area contributed by atoms with E-state index in [0.717, 1.165) is 40.7 Å². The fourth-order valence-electron chi connectivity index (χ4n) is 3.62. The minimum absolute atomic E-state index is 0.0211. The van der Waals surface area contributed by atoms with Crippen molar-refractivity contribution in [1.82, 2.24) is 14.5 Å². The first-order chi connectivity index (χ1) is 13.8. The number of H-pyrrole nitrogens is 1. The van der Waals surface area contributed by atoms with Crippen molar-refractivity contribution in [1.29, 1.82) is 0 Å². The number of aliphatic carboxylic acids is 2. The summed E-state index contributed by atoms with van der Waals surface area (Å²) in [5.74, 6) is -2.23. The number of carbonyl (C=O) groups is 3. The lowest BCUT2D eigenvalue weighted by atomic mass is 9.97. The predicted molar refractivity (Wildman–Crippen MR) is 106 cm³/mol. The van der Waals surface area contributed by atoms with Crippen LogP contribution in [0.15, 0.2) is 42.7 Å². The molecule has 2 aromatic heterocycles. The zero-order valence-corrected chi connectivity index (χ0v) is 16.0. The number of benzene rings is 1. The maximum absolute atomic E-state index is 12.8. The zero-order chi connectivity index (χ0) is 21.1.